The van der Waals surface area contributed by atoms with Gasteiger partial charge in [0.15, 0.2) is 17.1 Å². The van der Waals surface area contributed by atoms with Gasteiger partial charge in [-0.05, 0) is 43.2 Å². The number of rotatable bonds is 5. The van der Waals surface area contributed by atoms with Crippen LogP contribution >= 0.6 is 0 Å². The van der Waals surface area contributed by atoms with Gasteiger partial charge in [-0.2, -0.15) is 10.4 Å². The lowest BCUT2D eigenvalue weighted by Crippen LogP contribution is -2.43. The van der Waals surface area contributed by atoms with Gasteiger partial charge >= 0.3 is 6.29 Å². The van der Waals surface area contributed by atoms with E-state index in [9.17, 15) is 23.6 Å². The number of nitrogens with zero attached hydrogens (tertiary/aromatic N) is 4. The Morgan fingerprint density at radius 2 is 1.92 bits per heavy atom. The number of anilines is 1. The molecule has 0 spiro atoms. The number of fused-ring (bicyclic) bond motifs is 2. The van der Waals surface area contributed by atoms with Crippen molar-refractivity contribution >= 4 is 22.6 Å². The summed E-state index contributed by atoms with van der Waals surface area (Å²) in [6.45, 7) is -0.397. The van der Waals surface area contributed by atoms with Gasteiger partial charge in [-0.3, -0.25) is 9.59 Å². The van der Waals surface area contributed by atoms with E-state index in [1.165, 1.54) is 35.4 Å². The number of halogens is 2. The molecule has 1 amide bonds. The lowest BCUT2D eigenvalue weighted by Gasteiger charge is -2.29. The van der Waals surface area contributed by atoms with E-state index in [0.29, 0.717) is 22.5 Å². The van der Waals surface area contributed by atoms with Gasteiger partial charge in [-0.25, -0.2) is 4.68 Å². The molecule has 1 aliphatic carbocycles. The Hall–Kier alpha value is -4.72. The van der Waals surface area contributed by atoms with Gasteiger partial charge in [0.2, 0.25) is 5.91 Å². The fourth-order valence-corrected chi connectivity index (χ4v) is 5.06. The number of ether oxygens (including phenoxy) is 2. The summed E-state index contributed by atoms with van der Waals surface area (Å²) in [5.74, 6) is -0.722. The number of carbonyl (C=O) groups is 1. The minimum Gasteiger partial charge on any atom is -0.462 e. The molecule has 4 aromatic rings. The third-order valence-electron chi connectivity index (χ3n) is 6.74. The lowest BCUT2D eigenvalue weighted by atomic mass is 10.1. The summed E-state index contributed by atoms with van der Waals surface area (Å²) in [6.07, 6.45) is 0.868. The average Bonchev–Trinajstić information content (AvgIpc) is 3.65. The van der Waals surface area contributed by atoms with E-state index in [1.807, 2.05) is 0 Å². The van der Waals surface area contributed by atoms with Crippen molar-refractivity contribution in [2.24, 2.45) is 0 Å². The van der Waals surface area contributed by atoms with Gasteiger partial charge in [0, 0.05) is 23.4 Å². The van der Waals surface area contributed by atoms with Crippen molar-refractivity contribution in [2.45, 2.75) is 44.6 Å². The van der Waals surface area contributed by atoms with Crippen LogP contribution in [0.1, 0.15) is 31.2 Å². The Kier molecular flexibility index (Phi) is 5.60. The molecule has 11 heteroatoms. The summed E-state index contributed by atoms with van der Waals surface area (Å²) >= 11 is 0. The Bertz CT molecular complexity index is 1670. The molecule has 0 atom stereocenters. The summed E-state index contributed by atoms with van der Waals surface area (Å²) in [6, 6.07) is 14.3. The van der Waals surface area contributed by atoms with Crippen molar-refractivity contribution in [3.63, 3.8) is 0 Å². The highest BCUT2D eigenvalue weighted by molar-refractivity contribution is 5.95. The first kappa shape index (κ1) is 23.7. The van der Waals surface area contributed by atoms with Crippen LogP contribution in [-0.2, 0) is 11.3 Å². The minimum absolute atomic E-state index is 0.120. The summed E-state index contributed by atoms with van der Waals surface area (Å²) in [5, 5.41) is 14.0. The van der Waals surface area contributed by atoms with Crippen LogP contribution in [0, 0.1) is 11.3 Å². The first-order chi connectivity index (χ1) is 18.3. The Balaban J connectivity index is 1.39. The van der Waals surface area contributed by atoms with Crippen LogP contribution in [0.2, 0.25) is 0 Å². The number of amides is 1. The van der Waals surface area contributed by atoms with Crippen LogP contribution < -0.4 is 19.9 Å². The Labute approximate surface area is 214 Å². The maximum Gasteiger partial charge on any atom is 0.586 e. The van der Waals surface area contributed by atoms with E-state index in [0.717, 1.165) is 30.4 Å². The third-order valence-corrected chi connectivity index (χ3v) is 6.74. The third kappa shape index (κ3) is 4.14. The number of nitriles is 1. The molecule has 0 unspecified atom stereocenters. The topological polar surface area (TPSA) is 111 Å². The smallest absolute Gasteiger partial charge is 0.462 e. The molecule has 0 N–H and O–H groups in total. The van der Waals surface area contributed by atoms with E-state index >= 15 is 0 Å². The molecular formula is C27H20F2N4O5. The predicted molar refractivity (Wildman–Crippen MR) is 131 cm³/mol. The molecular weight excluding hydrogens is 498 g/mol. The number of benzene rings is 2. The molecule has 1 fully saturated rings. The highest BCUT2D eigenvalue weighted by Crippen LogP contribution is 2.43. The van der Waals surface area contributed by atoms with Crippen LogP contribution in [0.25, 0.3) is 22.2 Å². The van der Waals surface area contributed by atoms with E-state index < -0.39 is 24.3 Å². The second kappa shape index (κ2) is 8.99. The van der Waals surface area contributed by atoms with Crippen molar-refractivity contribution in [3.05, 3.63) is 70.7 Å². The summed E-state index contributed by atoms with van der Waals surface area (Å²) in [7, 11) is 0. The van der Waals surface area contributed by atoms with Crippen molar-refractivity contribution in [1.82, 2.24) is 9.78 Å². The summed E-state index contributed by atoms with van der Waals surface area (Å²) < 4.78 is 42.9. The first-order valence-corrected chi connectivity index (χ1v) is 12.0. The highest BCUT2D eigenvalue weighted by atomic mass is 19.3. The predicted octanol–water partition coefficient (Wildman–Crippen LogP) is 4.83. The van der Waals surface area contributed by atoms with Crippen molar-refractivity contribution < 1.29 is 27.5 Å². The van der Waals surface area contributed by atoms with Crippen molar-refractivity contribution in [2.75, 3.05) is 4.90 Å². The van der Waals surface area contributed by atoms with Gasteiger partial charge in [0.1, 0.15) is 12.2 Å². The maximum atomic E-state index is 13.7. The van der Waals surface area contributed by atoms with Gasteiger partial charge in [-0.1, -0.05) is 25.0 Å². The van der Waals surface area contributed by atoms with Crippen LogP contribution in [0.5, 0.6) is 11.5 Å². The van der Waals surface area contributed by atoms with Gasteiger partial charge in [0.25, 0.3) is 5.56 Å². The molecule has 38 heavy (non-hydrogen) atoms. The monoisotopic (exact) mass is 518 g/mol. The maximum absolute atomic E-state index is 13.7. The van der Waals surface area contributed by atoms with Gasteiger partial charge in [-0.15, -0.1) is 8.78 Å². The van der Waals surface area contributed by atoms with Crippen LogP contribution in [0.3, 0.4) is 0 Å². The fourth-order valence-electron chi connectivity index (χ4n) is 5.06. The number of alkyl halides is 2. The molecule has 6 rings (SSSR count). The highest BCUT2D eigenvalue weighted by Gasteiger charge is 2.44. The zero-order chi connectivity index (χ0) is 26.4. The van der Waals surface area contributed by atoms with Crippen LogP contribution in [0.4, 0.5) is 14.5 Å². The summed E-state index contributed by atoms with van der Waals surface area (Å²) in [4.78, 5) is 28.5. The molecule has 0 radical (unpaired) electrons. The van der Waals surface area contributed by atoms with E-state index in [-0.39, 0.29) is 28.5 Å². The van der Waals surface area contributed by atoms with Gasteiger partial charge < -0.3 is 18.8 Å². The zero-order valence-electron chi connectivity index (χ0n) is 19.9. The molecule has 2 aromatic heterocycles. The van der Waals surface area contributed by atoms with Crippen LogP contribution in [-0.4, -0.2) is 28.0 Å². The number of hydrogen-bond acceptors (Lipinski definition) is 7. The molecule has 2 aliphatic rings. The number of aromatic nitrogens is 2. The molecule has 1 saturated carbocycles. The summed E-state index contributed by atoms with van der Waals surface area (Å²) in [5.41, 5.74) is 1.36. The van der Waals surface area contributed by atoms with E-state index in [2.05, 4.69) is 20.6 Å². The molecule has 1 aliphatic heterocycles. The molecule has 0 saturated heterocycles. The number of carbonyl (C=O) groups excluding carboxylic acids is 1. The molecule has 3 heterocycles. The second-order valence-electron chi connectivity index (χ2n) is 9.17. The van der Waals surface area contributed by atoms with Gasteiger partial charge in [0.05, 0.1) is 23.3 Å². The lowest BCUT2D eigenvalue weighted by molar-refractivity contribution is -0.286. The Morgan fingerprint density at radius 3 is 2.71 bits per heavy atom. The molecule has 9 nitrogen and oxygen atoms in total. The Morgan fingerprint density at radius 1 is 1.13 bits per heavy atom. The quantitative estimate of drug-likeness (QED) is 0.372. The average molecular weight is 518 g/mol. The first-order valence-electron chi connectivity index (χ1n) is 12.0. The molecule has 192 valence electrons. The molecule has 0 bridgehead atoms. The van der Waals surface area contributed by atoms with Crippen molar-refractivity contribution in [1.29, 1.82) is 5.26 Å². The standard InChI is InChI=1S/C27H20F2N4O5/c28-27(29)37-21-9-8-19(13-22(21)38-27)33(18-6-1-2-7-18)23(34)15-32-26(35)20-10-11-36-25(20)24(31-32)17-5-3-4-16(12-17)14-30/h3-5,8-13,18H,1-2,6-7,15H2. The minimum atomic E-state index is -3.78. The van der Waals surface area contributed by atoms with E-state index in [1.54, 1.807) is 24.3 Å². The zero-order valence-corrected chi connectivity index (χ0v) is 19.9. The second-order valence-corrected chi connectivity index (χ2v) is 9.17. The largest absolute Gasteiger partial charge is 0.586 e. The normalized spacial score (nSPS) is 16.0. The van der Waals surface area contributed by atoms with Crippen molar-refractivity contribution in [3.8, 4) is 28.8 Å². The fraction of sp³-hybridized carbons (Fsp3) is 0.259. The number of hydrogen-bond donors (Lipinski definition) is 0. The number of furan rings is 1. The van der Waals surface area contributed by atoms with E-state index in [4.69, 9.17) is 4.42 Å². The van der Waals surface area contributed by atoms with Crippen LogP contribution in [0.15, 0.2) is 64.0 Å². The molecule has 2 aromatic carbocycles. The SMILES string of the molecule is N#Cc1cccc(-c2nn(CC(=O)N(c3ccc4c(c3)OC(F)(F)O4)C3CCCC3)c(=O)c3ccoc23)c1.